The van der Waals surface area contributed by atoms with Crippen LogP contribution in [-0.4, -0.2) is 25.3 Å². The molecule has 0 aliphatic carbocycles. The number of nitrogens with zero attached hydrogens (tertiary/aromatic N) is 3. The molecule has 35 heavy (non-hydrogen) atoms. The van der Waals surface area contributed by atoms with Crippen LogP contribution in [0, 0.1) is 12.7 Å². The number of hydrogen-bond donors (Lipinski definition) is 1. The average Bonchev–Trinajstić information content (AvgIpc) is 3.44. The number of fused-ring (bicyclic) bond motifs is 2. The fourth-order valence-electron chi connectivity index (χ4n) is 4.59. The number of imidazole rings is 1. The number of ketones is 1. The van der Waals surface area contributed by atoms with Gasteiger partial charge in [-0.25, -0.2) is 9.37 Å². The molecule has 0 bridgehead atoms. The van der Waals surface area contributed by atoms with E-state index >= 15 is 0 Å². The van der Waals surface area contributed by atoms with Crippen LogP contribution < -0.4 is 0 Å². The maximum atomic E-state index is 13.5. The van der Waals surface area contributed by atoms with Crippen LogP contribution in [0.25, 0.3) is 33.1 Å². The molecule has 0 fully saturated rings. The highest BCUT2D eigenvalue weighted by Gasteiger charge is 2.16. The van der Waals surface area contributed by atoms with E-state index in [1.54, 1.807) is 30.7 Å². The fraction of sp³-hybridized carbons (Fsp3) is 0.0690. The van der Waals surface area contributed by atoms with Gasteiger partial charge in [0.15, 0.2) is 5.78 Å². The van der Waals surface area contributed by atoms with Crippen LogP contribution in [0.2, 0.25) is 0 Å². The second-order valence-electron chi connectivity index (χ2n) is 8.61. The van der Waals surface area contributed by atoms with Crippen LogP contribution in [-0.2, 0) is 6.54 Å². The molecule has 0 saturated heterocycles. The highest BCUT2D eigenvalue weighted by molar-refractivity contribution is 6.16. The van der Waals surface area contributed by atoms with Crippen molar-refractivity contribution in [2.75, 3.05) is 0 Å². The van der Waals surface area contributed by atoms with Crippen LogP contribution in [0.3, 0.4) is 0 Å². The molecule has 0 amide bonds. The van der Waals surface area contributed by atoms with Gasteiger partial charge in [-0.05, 0) is 53.9 Å². The molecule has 6 rings (SSSR count). The summed E-state index contributed by atoms with van der Waals surface area (Å²) < 4.78 is 15.4. The third-order valence-corrected chi connectivity index (χ3v) is 6.38. The van der Waals surface area contributed by atoms with Gasteiger partial charge in [0.2, 0.25) is 0 Å². The lowest BCUT2D eigenvalue weighted by atomic mass is 9.99. The second kappa shape index (κ2) is 8.33. The summed E-state index contributed by atoms with van der Waals surface area (Å²) in [5, 5.41) is 0.857. The summed E-state index contributed by atoms with van der Waals surface area (Å²) in [6, 6.07) is 22.0. The zero-order valence-corrected chi connectivity index (χ0v) is 19.0. The van der Waals surface area contributed by atoms with Crippen LogP contribution in [0.15, 0.2) is 91.4 Å². The van der Waals surface area contributed by atoms with Crippen molar-refractivity contribution in [2.45, 2.75) is 13.5 Å². The van der Waals surface area contributed by atoms with E-state index in [0.717, 1.165) is 44.5 Å². The Bertz CT molecular complexity index is 1710. The number of aromatic amines is 1. The van der Waals surface area contributed by atoms with E-state index in [0.29, 0.717) is 17.7 Å². The standard InChI is InChI=1S/C29H21FN4O/c1-18-33-27-16-31-12-11-28(27)34(18)17-19-3-2-4-22(13-19)29(35)25-15-32-26-14-21(7-10-24(25)26)20-5-8-23(30)9-6-20/h2-16,32H,17H2,1H3. The number of nitrogens with one attached hydrogen (secondary N) is 1. The molecule has 0 aliphatic heterocycles. The summed E-state index contributed by atoms with van der Waals surface area (Å²) in [5.74, 6) is 0.598. The molecule has 170 valence electrons. The summed E-state index contributed by atoms with van der Waals surface area (Å²) in [5.41, 5.74) is 6.89. The Balaban J connectivity index is 1.31. The summed E-state index contributed by atoms with van der Waals surface area (Å²) in [7, 11) is 0. The molecule has 3 heterocycles. The van der Waals surface area contributed by atoms with Gasteiger partial charge >= 0.3 is 0 Å². The number of halogens is 1. The van der Waals surface area contributed by atoms with E-state index in [1.165, 1.54) is 12.1 Å². The normalized spacial score (nSPS) is 11.4. The van der Waals surface area contributed by atoms with Crippen molar-refractivity contribution in [2.24, 2.45) is 0 Å². The van der Waals surface area contributed by atoms with E-state index in [9.17, 15) is 9.18 Å². The largest absolute Gasteiger partial charge is 0.360 e. The Kier molecular flexibility index (Phi) is 4.99. The maximum absolute atomic E-state index is 13.5. The van der Waals surface area contributed by atoms with Crippen molar-refractivity contribution in [3.8, 4) is 11.1 Å². The number of H-pyrrole nitrogens is 1. The minimum atomic E-state index is -0.266. The Morgan fingerprint density at radius 1 is 1.00 bits per heavy atom. The molecule has 1 N–H and O–H groups in total. The average molecular weight is 461 g/mol. The zero-order chi connectivity index (χ0) is 23.9. The molecule has 3 aromatic heterocycles. The monoisotopic (exact) mass is 460 g/mol. The summed E-state index contributed by atoms with van der Waals surface area (Å²) in [6.07, 6.45) is 5.28. The van der Waals surface area contributed by atoms with Gasteiger partial charge in [-0.15, -0.1) is 0 Å². The number of carbonyl (C=O) groups is 1. The number of carbonyl (C=O) groups excluding carboxylic acids is 1. The van der Waals surface area contributed by atoms with Crippen molar-refractivity contribution in [1.29, 1.82) is 0 Å². The molecule has 6 aromatic rings. The van der Waals surface area contributed by atoms with Gasteiger partial charge in [0.1, 0.15) is 17.2 Å². The lowest BCUT2D eigenvalue weighted by Crippen LogP contribution is -2.05. The zero-order valence-electron chi connectivity index (χ0n) is 19.0. The Morgan fingerprint density at radius 2 is 1.83 bits per heavy atom. The third-order valence-electron chi connectivity index (χ3n) is 6.38. The van der Waals surface area contributed by atoms with Crippen molar-refractivity contribution >= 4 is 27.7 Å². The van der Waals surface area contributed by atoms with E-state index in [2.05, 4.69) is 19.5 Å². The van der Waals surface area contributed by atoms with Gasteiger partial charge in [0, 0.05) is 41.0 Å². The molecule has 0 saturated carbocycles. The minimum Gasteiger partial charge on any atom is -0.360 e. The molecular formula is C29H21FN4O. The molecule has 3 aromatic carbocycles. The third kappa shape index (κ3) is 3.79. The Morgan fingerprint density at radius 3 is 2.69 bits per heavy atom. The highest BCUT2D eigenvalue weighted by atomic mass is 19.1. The molecular weight excluding hydrogens is 439 g/mol. The van der Waals surface area contributed by atoms with Gasteiger partial charge in [-0.1, -0.05) is 42.5 Å². The number of aryl methyl sites for hydroxylation is 1. The number of benzene rings is 3. The van der Waals surface area contributed by atoms with Crippen LogP contribution in [0.4, 0.5) is 4.39 Å². The molecule has 0 radical (unpaired) electrons. The van der Waals surface area contributed by atoms with Gasteiger partial charge in [-0.3, -0.25) is 9.78 Å². The predicted molar refractivity (Wildman–Crippen MR) is 135 cm³/mol. The van der Waals surface area contributed by atoms with Gasteiger partial charge in [0.25, 0.3) is 0 Å². The van der Waals surface area contributed by atoms with Crippen molar-refractivity contribution in [3.05, 3.63) is 120 Å². The van der Waals surface area contributed by atoms with Crippen molar-refractivity contribution in [1.82, 2.24) is 19.5 Å². The number of hydrogen-bond acceptors (Lipinski definition) is 3. The summed E-state index contributed by atoms with van der Waals surface area (Å²) >= 11 is 0. The first-order valence-corrected chi connectivity index (χ1v) is 11.3. The van der Waals surface area contributed by atoms with Gasteiger partial charge < -0.3 is 9.55 Å². The Labute approximate surface area is 200 Å². The maximum Gasteiger partial charge on any atom is 0.195 e. The predicted octanol–water partition coefficient (Wildman–Crippen LogP) is 6.31. The minimum absolute atomic E-state index is 0.0379. The van der Waals surface area contributed by atoms with Gasteiger partial charge in [-0.2, -0.15) is 0 Å². The van der Waals surface area contributed by atoms with E-state index in [4.69, 9.17) is 0 Å². The SMILES string of the molecule is Cc1nc2cnccc2n1Cc1cccc(C(=O)c2c[nH]c3cc(-c4ccc(F)cc4)ccc23)c1. The first kappa shape index (κ1) is 21.0. The summed E-state index contributed by atoms with van der Waals surface area (Å²) in [4.78, 5) is 25.4. The van der Waals surface area contributed by atoms with Gasteiger partial charge in [0.05, 0.1) is 11.7 Å². The molecule has 0 atom stereocenters. The van der Waals surface area contributed by atoms with E-state index in [-0.39, 0.29) is 11.6 Å². The smallest absolute Gasteiger partial charge is 0.195 e. The van der Waals surface area contributed by atoms with Crippen molar-refractivity contribution in [3.63, 3.8) is 0 Å². The fourth-order valence-corrected chi connectivity index (χ4v) is 4.59. The van der Waals surface area contributed by atoms with Crippen LogP contribution >= 0.6 is 0 Å². The summed E-state index contributed by atoms with van der Waals surface area (Å²) in [6.45, 7) is 2.59. The van der Waals surface area contributed by atoms with E-state index in [1.807, 2.05) is 55.5 Å². The molecule has 6 heteroatoms. The van der Waals surface area contributed by atoms with Crippen molar-refractivity contribution < 1.29 is 9.18 Å². The van der Waals surface area contributed by atoms with Crippen LogP contribution in [0.5, 0.6) is 0 Å². The first-order chi connectivity index (χ1) is 17.1. The molecule has 5 nitrogen and oxygen atoms in total. The molecule has 0 spiro atoms. The molecule has 0 aliphatic rings. The number of rotatable bonds is 5. The second-order valence-corrected chi connectivity index (χ2v) is 8.61. The lowest BCUT2D eigenvalue weighted by Gasteiger charge is -2.09. The quantitative estimate of drug-likeness (QED) is 0.307. The number of pyridine rings is 1. The number of aromatic nitrogens is 4. The molecule has 0 unspecified atom stereocenters. The Hall–Kier alpha value is -4.58. The topological polar surface area (TPSA) is 63.6 Å². The van der Waals surface area contributed by atoms with E-state index < -0.39 is 0 Å². The highest BCUT2D eigenvalue weighted by Crippen LogP contribution is 2.28. The van der Waals surface area contributed by atoms with Crippen LogP contribution in [0.1, 0.15) is 27.3 Å². The first-order valence-electron chi connectivity index (χ1n) is 11.3. The lowest BCUT2D eigenvalue weighted by molar-refractivity contribution is 0.104.